The number of carbonyl (C=O) groups is 1. The Hall–Kier alpha value is 0.370. The average molecular weight is 168 g/mol. The maximum absolute atomic E-state index is 9.36. The Morgan fingerprint density at radius 3 is 1.80 bits per heavy atom. The maximum Gasteiger partial charge on any atom is -0.344 e. The van der Waals surface area contributed by atoms with Gasteiger partial charge in [0.05, 0.1) is 0 Å². The molecule has 0 saturated heterocycles. The summed E-state index contributed by atoms with van der Waals surface area (Å²) in [6.45, 7) is 1.44. The summed E-state index contributed by atoms with van der Waals surface area (Å²) >= 11 is 2.65. The third-order valence-corrected chi connectivity index (χ3v) is 0. The van der Waals surface area contributed by atoms with Crippen molar-refractivity contribution in [2.75, 3.05) is 0 Å². The molecule has 0 aromatic heterocycles. The Kier molecular flexibility index (Phi) is 7.89. The molecule has 0 aliphatic rings. The predicted molar refractivity (Wildman–Crippen MR) is 15.7 cm³/mol. The van der Waals surface area contributed by atoms with Gasteiger partial charge in [-0.15, -0.1) is 0 Å². The third kappa shape index (κ3) is 179. The first-order chi connectivity index (χ1) is 1.73. The minimum absolute atomic E-state index is 0. The molecular formula is C2H6AgNO. The molecule has 0 radical (unpaired) electrons. The first kappa shape index (κ1) is 9.03. The SMILES string of the molecule is C[C](=O)[Ag].N. The van der Waals surface area contributed by atoms with Crippen LogP contribution in [0.25, 0.3) is 0 Å². The second-order valence-electron chi connectivity index (χ2n) is 0.416. The van der Waals surface area contributed by atoms with Crippen LogP contribution in [-0.2, 0) is 25.9 Å². The van der Waals surface area contributed by atoms with E-state index in [-0.39, 0.29) is 10.2 Å². The standard InChI is InChI=1S/C2H3O.Ag.H3N/c1-2-3;;/h1H3;;1H3. The van der Waals surface area contributed by atoms with Crippen LogP contribution >= 0.6 is 0 Å². The Morgan fingerprint density at radius 1 is 1.80 bits per heavy atom. The molecule has 5 heavy (non-hydrogen) atoms. The molecule has 0 aliphatic heterocycles. The molecule has 0 aromatic carbocycles. The van der Waals surface area contributed by atoms with Crippen molar-refractivity contribution in [2.45, 2.75) is 6.92 Å². The van der Waals surface area contributed by atoms with E-state index in [1.165, 1.54) is 6.92 Å². The fraction of sp³-hybridized carbons (Fsp3) is 0.500. The maximum atomic E-state index is 9.36. The Bertz CT molecular complexity index is 32.6. The molecule has 0 aromatic rings. The van der Waals surface area contributed by atoms with Crippen LogP contribution in [0, 0.1) is 0 Å². The number of hydrogen-bond donors (Lipinski definition) is 1. The van der Waals surface area contributed by atoms with Crippen LogP contribution in [-0.4, -0.2) is 4.00 Å². The molecule has 0 heterocycles. The van der Waals surface area contributed by atoms with Crippen LogP contribution in [0.3, 0.4) is 0 Å². The van der Waals surface area contributed by atoms with Gasteiger partial charge >= 0.3 is 36.8 Å². The first-order valence-electron chi connectivity index (χ1n) is 0.855. The van der Waals surface area contributed by atoms with E-state index in [1.54, 1.807) is 0 Å². The Morgan fingerprint density at radius 2 is 1.80 bits per heavy atom. The summed E-state index contributed by atoms with van der Waals surface area (Å²) in [6, 6.07) is 0. The Balaban J connectivity index is 0. The molecule has 36 valence electrons. The van der Waals surface area contributed by atoms with Crippen LogP contribution in [0.2, 0.25) is 0 Å². The van der Waals surface area contributed by atoms with Crippen molar-refractivity contribution >= 4 is 4.00 Å². The molecule has 3 N–H and O–H groups in total. The van der Waals surface area contributed by atoms with Gasteiger partial charge in [0.25, 0.3) is 0 Å². The van der Waals surface area contributed by atoms with Crippen LogP contribution in [0.4, 0.5) is 0 Å². The normalized spacial score (nSPS) is 5.40. The average Bonchev–Trinajstić information content (AvgIpc) is 0.811. The van der Waals surface area contributed by atoms with E-state index >= 15 is 0 Å². The predicted octanol–water partition coefficient (Wildman–Crippen LogP) is 0.242. The Labute approximate surface area is 43.4 Å². The minimum Gasteiger partial charge on any atom is -0.344 e. The number of rotatable bonds is 0. The van der Waals surface area contributed by atoms with Gasteiger partial charge in [0.15, 0.2) is 0 Å². The van der Waals surface area contributed by atoms with Gasteiger partial charge in [0, 0.05) is 0 Å². The second kappa shape index (κ2) is 4.37. The van der Waals surface area contributed by atoms with Crippen LogP contribution in [0.5, 0.6) is 0 Å². The van der Waals surface area contributed by atoms with Gasteiger partial charge in [-0.25, -0.2) is 0 Å². The van der Waals surface area contributed by atoms with E-state index in [0.717, 1.165) is 0 Å². The number of carbonyl (C=O) groups excluding carboxylic acids is 1. The summed E-state index contributed by atoms with van der Waals surface area (Å²) in [5.41, 5.74) is 0. The van der Waals surface area contributed by atoms with Crippen molar-refractivity contribution in [1.82, 2.24) is 6.15 Å². The van der Waals surface area contributed by atoms with Gasteiger partial charge in [0.2, 0.25) is 0 Å². The van der Waals surface area contributed by atoms with Crippen LogP contribution in [0.1, 0.15) is 6.92 Å². The van der Waals surface area contributed by atoms with Gasteiger partial charge in [-0.2, -0.15) is 0 Å². The fourth-order valence-electron chi connectivity index (χ4n) is 0. The summed E-state index contributed by atoms with van der Waals surface area (Å²) in [7, 11) is 0. The summed E-state index contributed by atoms with van der Waals surface area (Å²) in [6.07, 6.45) is 0. The molecule has 0 aliphatic carbocycles. The van der Waals surface area contributed by atoms with Crippen LogP contribution in [0.15, 0.2) is 0 Å². The van der Waals surface area contributed by atoms with Crippen molar-refractivity contribution in [3.63, 3.8) is 0 Å². The largest absolute Gasteiger partial charge is 0.344 e. The summed E-state index contributed by atoms with van der Waals surface area (Å²) in [4.78, 5) is 9.36. The van der Waals surface area contributed by atoms with Gasteiger partial charge in [-0.3, -0.25) is 0 Å². The molecule has 0 rings (SSSR count). The summed E-state index contributed by atoms with van der Waals surface area (Å²) in [5, 5.41) is 0. The van der Waals surface area contributed by atoms with Gasteiger partial charge in [0.1, 0.15) is 0 Å². The van der Waals surface area contributed by atoms with Crippen LogP contribution < -0.4 is 6.15 Å². The monoisotopic (exact) mass is 167 g/mol. The van der Waals surface area contributed by atoms with E-state index in [4.69, 9.17) is 0 Å². The van der Waals surface area contributed by atoms with Gasteiger partial charge < -0.3 is 6.15 Å². The van der Waals surface area contributed by atoms with Gasteiger partial charge in [-0.1, -0.05) is 0 Å². The van der Waals surface area contributed by atoms with Crippen molar-refractivity contribution in [1.29, 1.82) is 0 Å². The third-order valence-electron chi connectivity index (χ3n) is 0. The molecule has 3 heteroatoms. The molecule has 0 bridgehead atoms. The van der Waals surface area contributed by atoms with E-state index in [2.05, 4.69) is 21.1 Å². The molecule has 0 fully saturated rings. The smallest absolute Gasteiger partial charge is 0.344 e. The zero-order valence-electron chi connectivity index (χ0n) is 2.92. The molecule has 0 amide bonds. The molecule has 0 unspecified atom stereocenters. The van der Waals surface area contributed by atoms with E-state index < -0.39 is 0 Å². The van der Waals surface area contributed by atoms with E-state index in [1.807, 2.05) is 0 Å². The molecular weight excluding hydrogens is 162 g/mol. The van der Waals surface area contributed by atoms with Crippen molar-refractivity contribution in [3.8, 4) is 0 Å². The summed E-state index contributed by atoms with van der Waals surface area (Å²) in [5.74, 6) is 0. The molecule has 0 spiro atoms. The first-order valence-corrected chi connectivity index (χ1v) is 1.60. The molecule has 2 nitrogen and oxygen atoms in total. The van der Waals surface area contributed by atoms with Gasteiger partial charge in [-0.05, 0) is 0 Å². The topological polar surface area (TPSA) is 52.1 Å². The van der Waals surface area contributed by atoms with Crippen molar-refractivity contribution < 1.29 is 25.9 Å². The molecule has 0 saturated carbocycles. The minimum atomic E-state index is -0.0233. The zero-order chi connectivity index (χ0) is 3.58. The van der Waals surface area contributed by atoms with Crippen molar-refractivity contribution in [3.05, 3.63) is 0 Å². The zero-order valence-corrected chi connectivity index (χ0v) is 4.40. The number of hydrogen-bond acceptors (Lipinski definition) is 2. The van der Waals surface area contributed by atoms with Crippen molar-refractivity contribution in [2.24, 2.45) is 0 Å². The quantitative estimate of drug-likeness (QED) is 0.526. The fourth-order valence-corrected chi connectivity index (χ4v) is 0. The van der Waals surface area contributed by atoms with E-state index in [0.29, 0.717) is 0 Å². The molecule has 0 atom stereocenters. The second-order valence-corrected chi connectivity index (χ2v) is 1.46. The summed E-state index contributed by atoms with van der Waals surface area (Å²) < 4.78 is -0.0233. The van der Waals surface area contributed by atoms with E-state index in [9.17, 15) is 4.79 Å².